The normalized spacial score (nSPS) is 27.7. The number of para-hydroxylation sites is 2. The Labute approximate surface area is 155 Å². The second kappa shape index (κ2) is 8.11. The van der Waals surface area contributed by atoms with Crippen LogP contribution in [0.5, 0.6) is 11.5 Å². The molecule has 1 saturated carbocycles. The molecule has 2 aliphatic rings. The number of rotatable bonds is 6. The van der Waals surface area contributed by atoms with Crippen LogP contribution in [0.4, 0.5) is 0 Å². The fourth-order valence-electron chi connectivity index (χ4n) is 4.14. The molecule has 4 nitrogen and oxygen atoms in total. The number of hydrogen-bond acceptors (Lipinski definition) is 4. The van der Waals surface area contributed by atoms with Gasteiger partial charge in [0.25, 0.3) is 0 Å². The van der Waals surface area contributed by atoms with E-state index in [1.54, 1.807) is 0 Å². The molecule has 0 amide bonds. The molecule has 2 fully saturated rings. The maximum Gasteiger partial charge on any atom is 0.161 e. The van der Waals surface area contributed by atoms with Crippen molar-refractivity contribution in [1.29, 1.82) is 0 Å². The van der Waals surface area contributed by atoms with Crippen molar-refractivity contribution in [3.05, 3.63) is 60.2 Å². The van der Waals surface area contributed by atoms with E-state index in [-0.39, 0.29) is 6.10 Å². The molecule has 138 valence electrons. The first-order valence-electron chi connectivity index (χ1n) is 9.61. The summed E-state index contributed by atoms with van der Waals surface area (Å²) in [5.41, 5.74) is 1.26. The lowest BCUT2D eigenvalue weighted by Gasteiger charge is -2.35. The molecule has 1 aliphatic carbocycles. The Bertz CT molecular complexity index is 706. The Balaban J connectivity index is 1.37. The highest BCUT2D eigenvalue weighted by molar-refractivity contribution is 5.39. The fraction of sp³-hybridized carbons (Fsp3) is 0.455. The highest BCUT2D eigenvalue weighted by Gasteiger charge is 2.40. The van der Waals surface area contributed by atoms with Crippen molar-refractivity contribution in [2.24, 2.45) is 11.8 Å². The van der Waals surface area contributed by atoms with E-state index in [9.17, 15) is 5.11 Å². The SMILES string of the molecule is O[C@@H]1C[C@H]2CNC[C@H]2C[C@H]1Oc1ccccc1OCCc1ccccc1. The number of ether oxygens (including phenoxy) is 2. The van der Waals surface area contributed by atoms with E-state index in [4.69, 9.17) is 9.47 Å². The molecule has 0 unspecified atom stereocenters. The van der Waals surface area contributed by atoms with Gasteiger partial charge in [-0.25, -0.2) is 0 Å². The molecule has 4 heteroatoms. The lowest BCUT2D eigenvalue weighted by Crippen LogP contribution is -2.42. The maximum atomic E-state index is 10.5. The zero-order chi connectivity index (χ0) is 17.8. The maximum absolute atomic E-state index is 10.5. The molecule has 26 heavy (non-hydrogen) atoms. The Kier molecular flexibility index (Phi) is 5.42. The van der Waals surface area contributed by atoms with Crippen LogP contribution in [0.2, 0.25) is 0 Å². The van der Waals surface area contributed by atoms with Gasteiger partial charge in [0.15, 0.2) is 11.5 Å². The summed E-state index contributed by atoms with van der Waals surface area (Å²) in [5.74, 6) is 2.67. The van der Waals surface area contributed by atoms with Crippen LogP contribution in [0.1, 0.15) is 18.4 Å². The Morgan fingerprint density at radius 2 is 1.58 bits per heavy atom. The number of hydrogen-bond donors (Lipinski definition) is 2. The lowest BCUT2D eigenvalue weighted by molar-refractivity contribution is -0.0242. The fourth-order valence-corrected chi connectivity index (χ4v) is 4.14. The molecule has 4 atom stereocenters. The Morgan fingerprint density at radius 3 is 2.38 bits per heavy atom. The van der Waals surface area contributed by atoms with E-state index in [0.717, 1.165) is 43.9 Å². The highest BCUT2D eigenvalue weighted by atomic mass is 16.5. The van der Waals surface area contributed by atoms with Crippen LogP contribution in [0, 0.1) is 11.8 Å². The van der Waals surface area contributed by atoms with Gasteiger partial charge in [-0.1, -0.05) is 42.5 Å². The Morgan fingerprint density at radius 1 is 0.885 bits per heavy atom. The van der Waals surface area contributed by atoms with Crippen LogP contribution < -0.4 is 14.8 Å². The second-order valence-corrected chi connectivity index (χ2v) is 7.40. The van der Waals surface area contributed by atoms with Gasteiger partial charge in [-0.05, 0) is 55.5 Å². The van der Waals surface area contributed by atoms with E-state index < -0.39 is 6.10 Å². The van der Waals surface area contributed by atoms with Gasteiger partial charge in [0, 0.05) is 6.42 Å². The summed E-state index contributed by atoms with van der Waals surface area (Å²) in [6.45, 7) is 2.66. The van der Waals surface area contributed by atoms with Crippen LogP contribution in [0.15, 0.2) is 54.6 Å². The van der Waals surface area contributed by atoms with Crippen molar-refractivity contribution in [2.45, 2.75) is 31.5 Å². The first-order chi connectivity index (χ1) is 12.8. The van der Waals surface area contributed by atoms with E-state index in [2.05, 4.69) is 17.4 Å². The number of nitrogens with one attached hydrogen (secondary N) is 1. The van der Waals surface area contributed by atoms with Crippen molar-refractivity contribution in [3.8, 4) is 11.5 Å². The molecule has 0 aromatic heterocycles. The van der Waals surface area contributed by atoms with Gasteiger partial charge in [0.05, 0.1) is 12.7 Å². The van der Waals surface area contributed by atoms with E-state index >= 15 is 0 Å². The minimum atomic E-state index is -0.409. The van der Waals surface area contributed by atoms with Crippen LogP contribution in [-0.2, 0) is 6.42 Å². The minimum Gasteiger partial charge on any atom is -0.489 e. The highest BCUT2D eigenvalue weighted by Crippen LogP contribution is 2.36. The van der Waals surface area contributed by atoms with Crippen LogP contribution in [0.25, 0.3) is 0 Å². The summed E-state index contributed by atoms with van der Waals surface area (Å²) in [5, 5.41) is 13.9. The molecule has 2 aromatic rings. The molecule has 1 aliphatic heterocycles. The van der Waals surface area contributed by atoms with Crippen LogP contribution in [0.3, 0.4) is 0 Å². The first kappa shape index (κ1) is 17.4. The topological polar surface area (TPSA) is 50.7 Å². The van der Waals surface area contributed by atoms with E-state index in [1.165, 1.54) is 5.56 Å². The first-order valence-corrected chi connectivity index (χ1v) is 9.61. The molecule has 2 aromatic carbocycles. The van der Waals surface area contributed by atoms with Gasteiger partial charge < -0.3 is 19.9 Å². The van der Waals surface area contributed by atoms with Crippen LogP contribution >= 0.6 is 0 Å². The van der Waals surface area contributed by atoms with E-state index in [0.29, 0.717) is 18.4 Å². The zero-order valence-corrected chi connectivity index (χ0v) is 15.0. The number of benzene rings is 2. The second-order valence-electron chi connectivity index (χ2n) is 7.40. The standard InChI is InChI=1S/C22H27NO3/c24-19-12-17-14-23-15-18(17)13-22(19)26-21-9-5-4-8-20(21)25-11-10-16-6-2-1-3-7-16/h1-9,17-19,22-24H,10-15H2/t17-,18+,19+,22+/m0/s1. The number of fused-ring (bicyclic) bond motifs is 1. The summed E-state index contributed by atoms with van der Waals surface area (Å²) in [6.07, 6.45) is 2.01. The summed E-state index contributed by atoms with van der Waals surface area (Å²) < 4.78 is 12.2. The summed E-state index contributed by atoms with van der Waals surface area (Å²) in [6, 6.07) is 18.1. The average Bonchev–Trinajstić information content (AvgIpc) is 3.11. The zero-order valence-electron chi connectivity index (χ0n) is 15.0. The Hall–Kier alpha value is -2.04. The minimum absolute atomic E-state index is 0.157. The van der Waals surface area contributed by atoms with Gasteiger partial charge in [-0.2, -0.15) is 0 Å². The predicted molar refractivity (Wildman–Crippen MR) is 102 cm³/mol. The smallest absolute Gasteiger partial charge is 0.161 e. The molecular formula is C22H27NO3. The summed E-state index contributed by atoms with van der Waals surface area (Å²) in [4.78, 5) is 0. The molecule has 0 bridgehead atoms. The average molecular weight is 353 g/mol. The molecule has 2 N–H and O–H groups in total. The van der Waals surface area contributed by atoms with Crippen LogP contribution in [-0.4, -0.2) is 37.0 Å². The monoisotopic (exact) mass is 353 g/mol. The summed E-state index contributed by atoms with van der Waals surface area (Å²) in [7, 11) is 0. The van der Waals surface area contributed by atoms with Crippen molar-refractivity contribution < 1.29 is 14.6 Å². The molecule has 1 heterocycles. The van der Waals surface area contributed by atoms with Crippen molar-refractivity contribution >= 4 is 0 Å². The van der Waals surface area contributed by atoms with Gasteiger partial charge >= 0.3 is 0 Å². The largest absolute Gasteiger partial charge is 0.489 e. The third-order valence-corrected chi connectivity index (χ3v) is 5.61. The van der Waals surface area contributed by atoms with Gasteiger partial charge in [0.2, 0.25) is 0 Å². The van der Waals surface area contributed by atoms with Crippen molar-refractivity contribution in [2.75, 3.05) is 19.7 Å². The molecule has 4 rings (SSSR count). The van der Waals surface area contributed by atoms with E-state index in [1.807, 2.05) is 42.5 Å². The quantitative estimate of drug-likeness (QED) is 0.838. The van der Waals surface area contributed by atoms with Gasteiger partial charge in [0.1, 0.15) is 6.10 Å². The lowest BCUT2D eigenvalue weighted by atomic mass is 9.78. The van der Waals surface area contributed by atoms with Gasteiger partial charge in [-0.15, -0.1) is 0 Å². The van der Waals surface area contributed by atoms with Gasteiger partial charge in [-0.3, -0.25) is 0 Å². The van der Waals surface area contributed by atoms with Crippen molar-refractivity contribution in [1.82, 2.24) is 5.32 Å². The molecule has 0 spiro atoms. The third-order valence-electron chi connectivity index (χ3n) is 5.61. The summed E-state index contributed by atoms with van der Waals surface area (Å²) >= 11 is 0. The third kappa shape index (κ3) is 4.02. The number of aliphatic hydroxyl groups excluding tert-OH is 1. The molecule has 1 saturated heterocycles. The predicted octanol–water partition coefficient (Wildman–Crippen LogP) is 3.05. The molecular weight excluding hydrogens is 326 g/mol. The van der Waals surface area contributed by atoms with Crippen molar-refractivity contribution in [3.63, 3.8) is 0 Å². The molecule has 0 radical (unpaired) electrons. The number of aliphatic hydroxyl groups is 1.